The molecule has 1 saturated heterocycles. The van der Waals surface area contributed by atoms with Crippen LogP contribution in [0.5, 0.6) is 17.2 Å². The monoisotopic (exact) mass is 497 g/mol. The summed E-state index contributed by atoms with van der Waals surface area (Å²) in [5.74, 6) is 6.85. The highest BCUT2D eigenvalue weighted by Crippen LogP contribution is 2.34. The second kappa shape index (κ2) is 10.1. The van der Waals surface area contributed by atoms with Crippen LogP contribution in [0, 0.1) is 11.8 Å². The number of H-pyrrole nitrogens is 1. The summed E-state index contributed by atoms with van der Waals surface area (Å²) in [7, 11) is 1.62. The number of nitrogens with zero attached hydrogens (tertiary/aromatic N) is 3. The predicted octanol–water partition coefficient (Wildman–Crippen LogP) is 3.96. The molecule has 1 aliphatic heterocycles. The number of ether oxygens (including phenoxy) is 2. The van der Waals surface area contributed by atoms with Crippen LogP contribution in [-0.2, 0) is 4.79 Å². The summed E-state index contributed by atoms with van der Waals surface area (Å²) >= 11 is 0. The Balaban J connectivity index is 1.39. The fraction of sp³-hybridized carbons (Fsp3) is 0.250. The Morgan fingerprint density at radius 3 is 2.24 bits per heavy atom. The number of benzene rings is 2. The van der Waals surface area contributed by atoms with Crippen molar-refractivity contribution < 1.29 is 19.1 Å². The summed E-state index contributed by atoms with van der Waals surface area (Å²) in [6.45, 7) is 2.91. The number of methoxy groups -OCH3 is 1. The van der Waals surface area contributed by atoms with E-state index in [1.807, 2.05) is 48.5 Å². The highest BCUT2D eigenvalue weighted by Gasteiger charge is 2.28. The van der Waals surface area contributed by atoms with Crippen LogP contribution in [0.15, 0.2) is 54.7 Å². The van der Waals surface area contributed by atoms with E-state index >= 15 is 0 Å². The third-order valence-electron chi connectivity index (χ3n) is 6.61. The number of carbonyl (C=O) groups is 2. The summed E-state index contributed by atoms with van der Waals surface area (Å²) in [5, 5.41) is 4.48. The van der Waals surface area contributed by atoms with Crippen molar-refractivity contribution in [3.63, 3.8) is 0 Å². The second-order valence-corrected chi connectivity index (χ2v) is 8.82. The number of nitrogens with one attached hydrogen (secondary N) is 1. The lowest BCUT2D eigenvalue weighted by Crippen LogP contribution is -2.37. The second-order valence-electron chi connectivity index (χ2n) is 8.82. The number of aromatic nitrogens is 3. The van der Waals surface area contributed by atoms with Crippen molar-refractivity contribution in [1.29, 1.82) is 0 Å². The van der Waals surface area contributed by atoms with Gasteiger partial charge in [-0.3, -0.25) is 9.59 Å². The normalized spacial score (nSPS) is 13.7. The molecule has 1 fully saturated rings. The van der Waals surface area contributed by atoms with Crippen LogP contribution in [0.3, 0.4) is 0 Å². The molecule has 1 aliphatic rings. The van der Waals surface area contributed by atoms with Gasteiger partial charge in [-0.05, 0) is 80.1 Å². The van der Waals surface area contributed by atoms with Gasteiger partial charge in [0.25, 0.3) is 11.8 Å². The van der Waals surface area contributed by atoms with E-state index in [4.69, 9.17) is 15.2 Å². The van der Waals surface area contributed by atoms with Gasteiger partial charge in [-0.15, -0.1) is 0 Å². The van der Waals surface area contributed by atoms with E-state index < -0.39 is 5.91 Å². The number of imidazole rings is 1. The maximum atomic E-state index is 12.4. The quantitative estimate of drug-likeness (QED) is 0.392. The van der Waals surface area contributed by atoms with Gasteiger partial charge in [-0.2, -0.15) is 5.10 Å². The molecule has 0 bridgehead atoms. The number of fused-ring (bicyclic) bond motifs is 1. The standard InChI is InChI=1S/C28H27N5O4/c1-3-4-24(34)32-15-13-18(14-16-32)23-17-30-33-26(27(29)35)25(31-28(23)33)19-5-7-21(8-6-19)37-22-11-9-20(36-2)10-12-22/h5-12,17-18,31H,13-16H2,1-2H3,(H2,29,35). The molecular formula is C28H27N5O4. The van der Waals surface area contributed by atoms with E-state index in [1.54, 1.807) is 29.6 Å². The zero-order valence-corrected chi connectivity index (χ0v) is 20.7. The average Bonchev–Trinajstić information content (AvgIpc) is 3.49. The van der Waals surface area contributed by atoms with E-state index in [0.29, 0.717) is 30.3 Å². The van der Waals surface area contributed by atoms with Crippen molar-refractivity contribution in [3.05, 3.63) is 66.0 Å². The van der Waals surface area contributed by atoms with Crippen LogP contribution in [-0.4, -0.2) is 51.5 Å². The lowest BCUT2D eigenvalue weighted by atomic mass is 9.91. The van der Waals surface area contributed by atoms with Crippen LogP contribution in [0.2, 0.25) is 0 Å². The molecule has 0 saturated carbocycles. The fourth-order valence-electron chi connectivity index (χ4n) is 4.72. The highest BCUT2D eigenvalue weighted by molar-refractivity contribution is 5.98. The molecule has 2 aromatic carbocycles. The highest BCUT2D eigenvalue weighted by atomic mass is 16.5. The Kier molecular flexibility index (Phi) is 6.56. The number of nitrogens with two attached hydrogens (primary N) is 1. The Bertz CT molecular complexity index is 1500. The molecule has 2 amide bonds. The number of primary amides is 1. The van der Waals surface area contributed by atoms with Crippen LogP contribution in [0.25, 0.3) is 16.9 Å². The van der Waals surface area contributed by atoms with Gasteiger partial charge in [0.05, 0.1) is 19.0 Å². The molecule has 9 nitrogen and oxygen atoms in total. The molecule has 0 aliphatic carbocycles. The van der Waals surface area contributed by atoms with Crippen molar-refractivity contribution in [2.75, 3.05) is 20.2 Å². The summed E-state index contributed by atoms with van der Waals surface area (Å²) in [6.07, 6.45) is 3.36. The van der Waals surface area contributed by atoms with Gasteiger partial charge in [-0.25, -0.2) is 4.52 Å². The molecular weight excluding hydrogens is 470 g/mol. The minimum atomic E-state index is -0.576. The predicted molar refractivity (Wildman–Crippen MR) is 139 cm³/mol. The molecule has 0 radical (unpaired) electrons. The molecule has 3 N–H and O–H groups in total. The molecule has 188 valence electrons. The zero-order chi connectivity index (χ0) is 25.9. The number of likely N-dealkylation sites (tertiary alicyclic amines) is 1. The summed E-state index contributed by atoms with van der Waals surface area (Å²) in [5.41, 5.74) is 9.18. The smallest absolute Gasteiger partial charge is 0.298 e. The molecule has 0 spiro atoms. The summed E-state index contributed by atoms with van der Waals surface area (Å²) in [6, 6.07) is 14.7. The molecule has 4 aromatic rings. The first-order valence-electron chi connectivity index (χ1n) is 12.0. The number of carbonyl (C=O) groups excluding carboxylic acids is 2. The molecule has 3 heterocycles. The Labute approximate surface area is 214 Å². The zero-order valence-electron chi connectivity index (χ0n) is 20.7. The largest absolute Gasteiger partial charge is 0.497 e. The maximum absolute atomic E-state index is 12.4. The average molecular weight is 498 g/mol. The lowest BCUT2D eigenvalue weighted by Gasteiger charge is -2.30. The number of rotatable bonds is 6. The number of amides is 2. The minimum absolute atomic E-state index is 0.140. The SMILES string of the molecule is CC#CC(=O)N1CCC(c2cnn3c(C(N)=O)c(-c4ccc(Oc5ccc(OC)cc5)cc4)[nH]c23)CC1. The molecule has 37 heavy (non-hydrogen) atoms. The van der Waals surface area contributed by atoms with Crippen molar-refractivity contribution in [1.82, 2.24) is 19.5 Å². The van der Waals surface area contributed by atoms with E-state index in [0.717, 1.165) is 35.4 Å². The molecule has 9 heteroatoms. The lowest BCUT2D eigenvalue weighted by molar-refractivity contribution is -0.126. The van der Waals surface area contributed by atoms with Gasteiger partial charge >= 0.3 is 0 Å². The van der Waals surface area contributed by atoms with Gasteiger partial charge in [0, 0.05) is 24.2 Å². The van der Waals surface area contributed by atoms with Gasteiger partial charge in [0.1, 0.15) is 22.9 Å². The van der Waals surface area contributed by atoms with Crippen LogP contribution < -0.4 is 15.2 Å². The Hall–Kier alpha value is -4.71. The Morgan fingerprint density at radius 2 is 1.65 bits per heavy atom. The summed E-state index contributed by atoms with van der Waals surface area (Å²) in [4.78, 5) is 29.7. The van der Waals surface area contributed by atoms with Gasteiger partial charge in [-0.1, -0.05) is 5.92 Å². The molecule has 2 aromatic heterocycles. The molecule has 0 unspecified atom stereocenters. The third kappa shape index (κ3) is 4.74. The third-order valence-corrected chi connectivity index (χ3v) is 6.61. The fourth-order valence-corrected chi connectivity index (χ4v) is 4.72. The van der Waals surface area contributed by atoms with Crippen molar-refractivity contribution >= 4 is 17.5 Å². The topological polar surface area (TPSA) is 115 Å². The number of hydrogen-bond donors (Lipinski definition) is 2. The number of aromatic amines is 1. The van der Waals surface area contributed by atoms with Crippen molar-refractivity contribution in [2.45, 2.75) is 25.7 Å². The molecule has 0 atom stereocenters. The number of piperidine rings is 1. The van der Waals surface area contributed by atoms with Crippen LogP contribution in [0.1, 0.15) is 41.7 Å². The van der Waals surface area contributed by atoms with Gasteiger partial charge in [0.2, 0.25) is 0 Å². The first-order valence-corrected chi connectivity index (χ1v) is 12.0. The van der Waals surface area contributed by atoms with E-state index in [-0.39, 0.29) is 17.5 Å². The first kappa shape index (κ1) is 24.0. The summed E-state index contributed by atoms with van der Waals surface area (Å²) < 4.78 is 12.7. The van der Waals surface area contributed by atoms with Crippen LogP contribution in [0.4, 0.5) is 0 Å². The van der Waals surface area contributed by atoms with Gasteiger partial charge in [0.15, 0.2) is 5.69 Å². The van der Waals surface area contributed by atoms with E-state index in [9.17, 15) is 9.59 Å². The number of hydrogen-bond acceptors (Lipinski definition) is 5. The van der Waals surface area contributed by atoms with E-state index in [1.165, 1.54) is 0 Å². The van der Waals surface area contributed by atoms with Crippen molar-refractivity contribution in [3.8, 4) is 40.3 Å². The van der Waals surface area contributed by atoms with E-state index in [2.05, 4.69) is 21.9 Å². The molecule has 5 rings (SSSR count). The van der Waals surface area contributed by atoms with Crippen LogP contribution >= 0.6 is 0 Å². The van der Waals surface area contributed by atoms with Crippen molar-refractivity contribution in [2.24, 2.45) is 5.73 Å². The van der Waals surface area contributed by atoms with Gasteiger partial charge < -0.3 is 25.1 Å². The Morgan fingerprint density at radius 1 is 1.03 bits per heavy atom. The first-order chi connectivity index (χ1) is 18.0. The maximum Gasteiger partial charge on any atom is 0.298 e. The minimum Gasteiger partial charge on any atom is -0.497 e.